The highest BCUT2D eigenvalue weighted by Crippen LogP contribution is 2.49. The molecule has 1 aromatic heterocycles. The van der Waals surface area contributed by atoms with Crippen LogP contribution in [0.5, 0.6) is 0 Å². The normalized spacial score (nSPS) is 29.0. The molecule has 2 amide bonds. The van der Waals surface area contributed by atoms with Crippen molar-refractivity contribution < 1.29 is 14.3 Å². The SMILES string of the molecule is C[C@@H](NC(=O)c1cc(C(=O)N2CCOCC2)nn1C)[C@@H]1C[C@H]2CC[C@H]1C2. The van der Waals surface area contributed by atoms with E-state index >= 15 is 0 Å². The van der Waals surface area contributed by atoms with Crippen molar-refractivity contribution in [3.05, 3.63) is 17.5 Å². The Morgan fingerprint density at radius 1 is 1.27 bits per heavy atom. The third-order valence-corrected chi connectivity index (χ3v) is 6.42. The zero-order valence-corrected chi connectivity index (χ0v) is 15.6. The van der Waals surface area contributed by atoms with Gasteiger partial charge in [-0.05, 0) is 43.9 Å². The minimum atomic E-state index is -0.142. The number of aryl methyl sites for hydroxylation is 1. The van der Waals surface area contributed by atoms with Crippen LogP contribution < -0.4 is 5.32 Å². The minimum Gasteiger partial charge on any atom is -0.378 e. The standard InChI is InChI=1S/C19H28N4O3/c1-12(15-10-13-3-4-14(15)9-13)20-18(24)17-11-16(21-22(17)2)19(25)23-5-7-26-8-6-23/h11-15H,3-10H2,1-2H3,(H,20,24)/t12-,13+,14+,15+/m1/s1. The molecule has 26 heavy (non-hydrogen) atoms. The number of amides is 2. The van der Waals surface area contributed by atoms with Crippen molar-refractivity contribution in [2.75, 3.05) is 26.3 Å². The van der Waals surface area contributed by atoms with E-state index in [2.05, 4.69) is 17.3 Å². The first-order chi connectivity index (χ1) is 12.5. The molecular formula is C19H28N4O3. The fraction of sp³-hybridized carbons (Fsp3) is 0.737. The topological polar surface area (TPSA) is 76.5 Å². The van der Waals surface area contributed by atoms with Crippen LogP contribution in [0, 0.1) is 17.8 Å². The van der Waals surface area contributed by atoms with Gasteiger partial charge in [0.25, 0.3) is 11.8 Å². The number of fused-ring (bicyclic) bond motifs is 2. The fourth-order valence-corrected chi connectivity index (χ4v) is 5.01. The molecule has 2 bridgehead atoms. The van der Waals surface area contributed by atoms with Crippen molar-refractivity contribution in [2.45, 2.75) is 38.6 Å². The molecule has 3 fully saturated rings. The summed E-state index contributed by atoms with van der Waals surface area (Å²) >= 11 is 0. The molecule has 1 N–H and O–H groups in total. The van der Waals surface area contributed by atoms with Crippen LogP contribution in [0.1, 0.15) is 53.6 Å². The number of ether oxygens (including phenoxy) is 1. The highest BCUT2D eigenvalue weighted by molar-refractivity contribution is 5.98. The molecule has 3 aliphatic rings. The van der Waals surface area contributed by atoms with Gasteiger partial charge in [0.1, 0.15) is 5.69 Å². The van der Waals surface area contributed by atoms with Gasteiger partial charge in [0.05, 0.1) is 13.2 Å². The zero-order chi connectivity index (χ0) is 18.3. The number of morpholine rings is 1. The van der Waals surface area contributed by atoms with E-state index in [0.29, 0.717) is 43.6 Å². The highest BCUT2D eigenvalue weighted by atomic mass is 16.5. The second-order valence-electron chi connectivity index (χ2n) is 8.04. The van der Waals surface area contributed by atoms with E-state index in [1.165, 1.54) is 30.4 Å². The molecule has 2 aliphatic carbocycles. The lowest BCUT2D eigenvalue weighted by Crippen LogP contribution is -2.41. The van der Waals surface area contributed by atoms with E-state index < -0.39 is 0 Å². The molecule has 4 rings (SSSR count). The molecule has 1 aromatic rings. The Hall–Kier alpha value is -1.89. The van der Waals surface area contributed by atoms with Gasteiger partial charge in [-0.2, -0.15) is 5.10 Å². The molecule has 2 saturated carbocycles. The van der Waals surface area contributed by atoms with Gasteiger partial charge in [-0.25, -0.2) is 0 Å². The quantitative estimate of drug-likeness (QED) is 0.882. The van der Waals surface area contributed by atoms with E-state index in [-0.39, 0.29) is 17.9 Å². The lowest BCUT2D eigenvalue weighted by atomic mass is 9.84. The molecule has 0 spiro atoms. The monoisotopic (exact) mass is 360 g/mol. The Balaban J connectivity index is 1.41. The molecule has 7 heteroatoms. The van der Waals surface area contributed by atoms with Crippen molar-refractivity contribution in [3.63, 3.8) is 0 Å². The van der Waals surface area contributed by atoms with Crippen molar-refractivity contribution >= 4 is 11.8 Å². The summed E-state index contributed by atoms with van der Waals surface area (Å²) < 4.78 is 6.79. The number of rotatable bonds is 4. The van der Waals surface area contributed by atoms with Gasteiger partial charge < -0.3 is 15.0 Å². The summed E-state index contributed by atoms with van der Waals surface area (Å²) in [4.78, 5) is 27.0. The predicted octanol–water partition coefficient (Wildman–Crippen LogP) is 1.45. The Labute approximate surface area is 154 Å². The van der Waals surface area contributed by atoms with Crippen LogP contribution in [-0.4, -0.2) is 58.8 Å². The molecular weight excluding hydrogens is 332 g/mol. The maximum Gasteiger partial charge on any atom is 0.274 e. The van der Waals surface area contributed by atoms with Crippen LogP contribution in [0.4, 0.5) is 0 Å². The summed E-state index contributed by atoms with van der Waals surface area (Å²) in [5.74, 6) is 1.93. The maximum atomic E-state index is 12.7. The first-order valence-corrected chi connectivity index (χ1v) is 9.75. The molecule has 2 heterocycles. The van der Waals surface area contributed by atoms with Crippen LogP contribution in [-0.2, 0) is 11.8 Å². The largest absolute Gasteiger partial charge is 0.378 e. The molecule has 1 saturated heterocycles. The molecule has 1 aliphatic heterocycles. The smallest absolute Gasteiger partial charge is 0.274 e. The third kappa shape index (κ3) is 3.24. The number of nitrogens with zero attached hydrogens (tertiary/aromatic N) is 3. The summed E-state index contributed by atoms with van der Waals surface area (Å²) in [6.07, 6.45) is 5.23. The molecule has 4 atom stereocenters. The van der Waals surface area contributed by atoms with Gasteiger partial charge in [0.15, 0.2) is 5.69 Å². The minimum absolute atomic E-state index is 0.135. The predicted molar refractivity (Wildman–Crippen MR) is 95.8 cm³/mol. The Morgan fingerprint density at radius 2 is 2.04 bits per heavy atom. The van der Waals surface area contributed by atoms with Gasteiger partial charge >= 0.3 is 0 Å². The number of carbonyl (C=O) groups excluding carboxylic acids is 2. The summed E-state index contributed by atoms with van der Waals surface area (Å²) in [5, 5.41) is 7.42. The van der Waals surface area contributed by atoms with Crippen LogP contribution in [0.3, 0.4) is 0 Å². The second-order valence-corrected chi connectivity index (χ2v) is 8.04. The molecule has 0 aromatic carbocycles. The van der Waals surface area contributed by atoms with Crippen LogP contribution in [0.15, 0.2) is 6.07 Å². The van der Waals surface area contributed by atoms with Crippen molar-refractivity contribution in [2.24, 2.45) is 24.8 Å². The molecule has 0 radical (unpaired) electrons. The number of carbonyl (C=O) groups is 2. The van der Waals surface area contributed by atoms with Gasteiger partial charge in [-0.15, -0.1) is 0 Å². The van der Waals surface area contributed by atoms with E-state index in [9.17, 15) is 9.59 Å². The van der Waals surface area contributed by atoms with Crippen molar-refractivity contribution in [1.29, 1.82) is 0 Å². The van der Waals surface area contributed by atoms with Gasteiger partial charge in [-0.1, -0.05) is 6.42 Å². The Morgan fingerprint density at radius 3 is 2.69 bits per heavy atom. The second kappa shape index (κ2) is 7.02. The zero-order valence-electron chi connectivity index (χ0n) is 15.6. The summed E-state index contributed by atoms with van der Waals surface area (Å²) in [6.45, 7) is 4.34. The third-order valence-electron chi connectivity index (χ3n) is 6.42. The van der Waals surface area contributed by atoms with Gasteiger partial charge in [-0.3, -0.25) is 14.3 Å². The lowest BCUT2D eigenvalue weighted by molar-refractivity contribution is 0.0298. The maximum absolute atomic E-state index is 12.7. The first kappa shape index (κ1) is 17.5. The Bertz CT molecular complexity index is 695. The molecule has 142 valence electrons. The van der Waals surface area contributed by atoms with Crippen LogP contribution in [0.25, 0.3) is 0 Å². The summed E-state index contributed by atoms with van der Waals surface area (Å²) in [6, 6.07) is 1.77. The van der Waals surface area contributed by atoms with Crippen LogP contribution in [0.2, 0.25) is 0 Å². The Kier molecular flexibility index (Phi) is 4.73. The number of hydrogen-bond acceptors (Lipinski definition) is 4. The fourth-order valence-electron chi connectivity index (χ4n) is 5.01. The van der Waals surface area contributed by atoms with Crippen molar-refractivity contribution in [1.82, 2.24) is 20.0 Å². The first-order valence-electron chi connectivity index (χ1n) is 9.75. The van der Waals surface area contributed by atoms with Gasteiger partial charge in [0, 0.05) is 32.2 Å². The van der Waals surface area contributed by atoms with E-state index in [1.807, 2.05) is 0 Å². The summed E-state index contributed by atoms with van der Waals surface area (Å²) in [5.41, 5.74) is 0.767. The lowest BCUT2D eigenvalue weighted by Gasteiger charge is -2.28. The van der Waals surface area contributed by atoms with Crippen LogP contribution >= 0.6 is 0 Å². The number of aromatic nitrogens is 2. The van der Waals surface area contributed by atoms with E-state index in [0.717, 1.165) is 11.8 Å². The average molecular weight is 360 g/mol. The summed E-state index contributed by atoms with van der Waals surface area (Å²) in [7, 11) is 1.72. The van der Waals surface area contributed by atoms with E-state index in [4.69, 9.17) is 4.74 Å². The number of hydrogen-bond donors (Lipinski definition) is 1. The molecule has 7 nitrogen and oxygen atoms in total. The number of nitrogens with one attached hydrogen (secondary N) is 1. The van der Waals surface area contributed by atoms with Crippen molar-refractivity contribution in [3.8, 4) is 0 Å². The molecule has 0 unspecified atom stereocenters. The van der Waals surface area contributed by atoms with E-state index in [1.54, 1.807) is 18.0 Å². The highest BCUT2D eigenvalue weighted by Gasteiger charge is 2.42. The van der Waals surface area contributed by atoms with Gasteiger partial charge in [0.2, 0.25) is 0 Å². The average Bonchev–Trinajstić information content (AvgIpc) is 3.37.